The number of Topliss-reactive ketones (excluding diaryl/α,β-unsaturated/α-hetero) is 1. The molecule has 0 fully saturated rings. The van der Waals surface area contributed by atoms with E-state index in [2.05, 4.69) is 38.4 Å². The fraction of sp³-hybridized carbons (Fsp3) is 0.923. The Bertz CT molecular complexity index is 338. The Hall–Kier alpha value is -0.00312. The van der Waals surface area contributed by atoms with E-state index in [1.54, 1.807) is 0 Å². The second-order valence-corrected chi connectivity index (χ2v) is 12.3. The van der Waals surface area contributed by atoms with Crippen molar-refractivity contribution >= 4 is 22.4 Å². The van der Waals surface area contributed by atoms with Gasteiger partial charge in [0.1, 0.15) is 6.61 Å². The van der Waals surface area contributed by atoms with Crippen LogP contribution in [0.5, 0.6) is 0 Å². The molecule has 1 N–H and O–H groups in total. The van der Waals surface area contributed by atoms with E-state index in [9.17, 15) is 9.36 Å². The zero-order valence-corrected chi connectivity index (χ0v) is 15.5. The summed E-state index contributed by atoms with van der Waals surface area (Å²) in [5.74, 6) is -0.142. The lowest BCUT2D eigenvalue weighted by atomic mass is 10.1. The van der Waals surface area contributed by atoms with Crippen LogP contribution in [0.2, 0.25) is 18.1 Å². The highest BCUT2D eigenvalue weighted by atomic mass is 31.1. The van der Waals surface area contributed by atoms with E-state index >= 15 is 0 Å². The van der Waals surface area contributed by atoms with Gasteiger partial charge in [-0.15, -0.1) is 0 Å². The van der Waals surface area contributed by atoms with Crippen LogP contribution in [0.3, 0.4) is 0 Å². The van der Waals surface area contributed by atoms with Crippen molar-refractivity contribution < 1.29 is 23.2 Å². The van der Waals surface area contributed by atoms with Crippen LogP contribution in [0.15, 0.2) is 0 Å². The molecule has 0 saturated carbocycles. The number of carbonyl (C=O) groups is 1. The van der Waals surface area contributed by atoms with Gasteiger partial charge < -0.3 is 13.8 Å². The molecule has 0 aliphatic carbocycles. The maximum Gasteiger partial charge on any atom is 0.317 e. The minimum Gasteiger partial charge on any atom is -0.414 e. The van der Waals surface area contributed by atoms with Gasteiger partial charge in [-0.3, -0.25) is 9.36 Å². The van der Waals surface area contributed by atoms with Crippen LogP contribution in [0, 0.1) is 0 Å². The normalized spacial score (nSPS) is 15.9. The molecule has 0 aliphatic heterocycles. The van der Waals surface area contributed by atoms with Crippen molar-refractivity contribution in [1.29, 1.82) is 0 Å². The van der Waals surface area contributed by atoms with E-state index in [0.29, 0.717) is 12.8 Å². The fourth-order valence-electron chi connectivity index (χ4n) is 1.54. The Morgan fingerprint density at radius 1 is 1.35 bits per heavy atom. The van der Waals surface area contributed by atoms with Crippen LogP contribution in [0.1, 0.15) is 47.0 Å². The van der Waals surface area contributed by atoms with Crippen LogP contribution in [-0.2, 0) is 18.3 Å². The van der Waals surface area contributed by atoms with Gasteiger partial charge in [0.2, 0.25) is 0 Å². The lowest BCUT2D eigenvalue weighted by Gasteiger charge is -2.38. The maximum atomic E-state index is 11.4. The minimum absolute atomic E-state index is 0.126. The molecule has 0 radical (unpaired) electrons. The first kappa shape index (κ1) is 20.0. The Balaban J connectivity index is 3.98. The zero-order chi connectivity index (χ0) is 16.0. The summed E-state index contributed by atoms with van der Waals surface area (Å²) in [6, 6.07) is 0. The van der Waals surface area contributed by atoms with E-state index in [1.807, 2.05) is 6.92 Å². The van der Waals surface area contributed by atoms with E-state index in [4.69, 9.17) is 9.32 Å². The molecular weight excluding hydrogens is 295 g/mol. The average Bonchev–Trinajstić information content (AvgIpc) is 2.23. The van der Waals surface area contributed by atoms with E-state index in [1.165, 1.54) is 0 Å². The summed E-state index contributed by atoms with van der Waals surface area (Å²) < 4.78 is 20.9. The van der Waals surface area contributed by atoms with Crippen molar-refractivity contribution in [2.45, 2.75) is 71.2 Å². The van der Waals surface area contributed by atoms with Gasteiger partial charge in [0.25, 0.3) is 0 Å². The number of rotatable bonds is 9. The van der Waals surface area contributed by atoms with Crippen molar-refractivity contribution in [3.63, 3.8) is 0 Å². The smallest absolute Gasteiger partial charge is 0.317 e. The lowest BCUT2D eigenvalue weighted by molar-refractivity contribution is -0.121. The molecule has 1 unspecified atom stereocenters. The molecule has 0 aromatic heterocycles. The highest BCUT2D eigenvalue weighted by Gasteiger charge is 2.38. The van der Waals surface area contributed by atoms with Crippen molar-refractivity contribution in [3.05, 3.63) is 0 Å². The van der Waals surface area contributed by atoms with Crippen LogP contribution in [0.25, 0.3) is 0 Å². The first-order valence-electron chi connectivity index (χ1n) is 7.01. The standard InChI is InChI=1S/C13H29O5PSi/c1-11(18-20(5,6)13(2,3)4)8-7-9-12(14)10-17-19(15)16/h11,19H,7-10H2,1-6H3,(H,15,16)/t11-/m1/s1. The van der Waals surface area contributed by atoms with Gasteiger partial charge >= 0.3 is 8.25 Å². The fourth-order valence-corrected chi connectivity index (χ4v) is 3.30. The zero-order valence-electron chi connectivity index (χ0n) is 13.5. The van der Waals surface area contributed by atoms with Gasteiger partial charge in [0, 0.05) is 12.5 Å². The average molecular weight is 324 g/mol. The van der Waals surface area contributed by atoms with Crippen molar-refractivity contribution in [1.82, 2.24) is 0 Å². The largest absolute Gasteiger partial charge is 0.414 e. The summed E-state index contributed by atoms with van der Waals surface area (Å²) in [6.45, 7) is 12.8. The molecule has 2 atom stereocenters. The summed E-state index contributed by atoms with van der Waals surface area (Å²) in [5.41, 5.74) is 0. The van der Waals surface area contributed by atoms with E-state index in [0.717, 1.165) is 6.42 Å². The Morgan fingerprint density at radius 3 is 2.35 bits per heavy atom. The highest BCUT2D eigenvalue weighted by molar-refractivity contribution is 7.32. The number of carbonyl (C=O) groups excluding carboxylic acids is 1. The Labute approximate surface area is 124 Å². The van der Waals surface area contributed by atoms with Gasteiger partial charge in [-0.2, -0.15) is 0 Å². The molecule has 7 heteroatoms. The summed E-state index contributed by atoms with van der Waals surface area (Å²) in [5, 5.41) is 0.179. The monoisotopic (exact) mass is 324 g/mol. The summed E-state index contributed by atoms with van der Waals surface area (Å²) >= 11 is 0. The molecule has 0 spiro atoms. The molecule has 120 valence electrons. The molecule has 0 heterocycles. The Morgan fingerprint density at radius 2 is 1.90 bits per heavy atom. The molecule has 5 nitrogen and oxygen atoms in total. The van der Waals surface area contributed by atoms with Gasteiger partial charge in [0.15, 0.2) is 14.1 Å². The van der Waals surface area contributed by atoms with Gasteiger partial charge in [-0.1, -0.05) is 20.8 Å². The minimum atomic E-state index is -3.00. The first-order valence-corrected chi connectivity index (χ1v) is 11.2. The molecule has 0 aromatic rings. The predicted molar refractivity (Wildman–Crippen MR) is 83.8 cm³/mol. The van der Waals surface area contributed by atoms with Crippen molar-refractivity contribution in [3.8, 4) is 0 Å². The third-order valence-corrected chi connectivity index (χ3v) is 8.72. The first-order chi connectivity index (χ1) is 8.95. The molecule has 20 heavy (non-hydrogen) atoms. The van der Waals surface area contributed by atoms with Crippen molar-refractivity contribution in [2.24, 2.45) is 0 Å². The number of ketones is 1. The topological polar surface area (TPSA) is 72.8 Å². The SMILES string of the molecule is C[C@H](CCCC(=O)CO[PH](=O)O)O[Si](C)(C)C(C)(C)C. The summed E-state index contributed by atoms with van der Waals surface area (Å²) in [6.07, 6.45) is 2.01. The molecule has 0 aromatic carbocycles. The maximum absolute atomic E-state index is 11.4. The lowest BCUT2D eigenvalue weighted by Crippen LogP contribution is -2.43. The summed E-state index contributed by atoms with van der Waals surface area (Å²) in [7, 11) is -4.76. The molecule has 0 bridgehead atoms. The predicted octanol–water partition coefficient (Wildman–Crippen LogP) is 3.53. The molecule has 0 saturated heterocycles. The van der Waals surface area contributed by atoms with Crippen molar-refractivity contribution in [2.75, 3.05) is 6.61 Å². The van der Waals surface area contributed by atoms with Gasteiger partial charge in [-0.05, 0) is 37.9 Å². The van der Waals surface area contributed by atoms with Gasteiger partial charge in [-0.25, -0.2) is 0 Å². The van der Waals surface area contributed by atoms with E-state index < -0.39 is 16.6 Å². The quantitative estimate of drug-likeness (QED) is 0.519. The third-order valence-electron chi connectivity index (χ3n) is 3.72. The molecule has 0 rings (SSSR count). The molecule has 0 amide bonds. The number of hydrogen-bond acceptors (Lipinski definition) is 4. The Kier molecular flexibility index (Phi) is 8.44. The third kappa shape index (κ3) is 8.32. The highest BCUT2D eigenvalue weighted by Crippen LogP contribution is 2.37. The van der Waals surface area contributed by atoms with Crippen LogP contribution >= 0.6 is 8.25 Å². The summed E-state index contributed by atoms with van der Waals surface area (Å²) in [4.78, 5) is 19.9. The second-order valence-electron chi connectivity index (χ2n) is 6.67. The van der Waals surface area contributed by atoms with Gasteiger partial charge in [0.05, 0.1) is 0 Å². The van der Waals surface area contributed by atoms with Crippen LogP contribution in [-0.4, -0.2) is 31.7 Å². The number of hydrogen-bond donors (Lipinski definition) is 1. The molecule has 0 aliphatic rings. The van der Waals surface area contributed by atoms with E-state index in [-0.39, 0.29) is 23.5 Å². The van der Waals surface area contributed by atoms with Crippen LogP contribution in [0.4, 0.5) is 0 Å². The van der Waals surface area contributed by atoms with Crippen LogP contribution < -0.4 is 0 Å². The second kappa shape index (κ2) is 8.44. The molecular formula is C13H29O5PSi.